The van der Waals surface area contributed by atoms with E-state index in [0.717, 1.165) is 0 Å². The molecule has 0 aromatic carbocycles. The Balaban J connectivity index is 2.81. The summed E-state index contributed by atoms with van der Waals surface area (Å²) in [5.41, 5.74) is -0.717. The van der Waals surface area contributed by atoms with Crippen molar-refractivity contribution in [2.24, 2.45) is 0 Å². The maximum absolute atomic E-state index is 12.1. The monoisotopic (exact) mass is 283 g/mol. The van der Waals surface area contributed by atoms with Crippen LogP contribution in [0.5, 0.6) is 0 Å². The predicted octanol–water partition coefficient (Wildman–Crippen LogP) is 1.07. The average Bonchev–Trinajstić information content (AvgIpc) is 2.76. The number of ether oxygens (including phenoxy) is 1. The standard InChI is InChI=1S/C13H21N3O4/c1-9(2)16-6-5-10(15-16)12(19)14-13(3,8-20-4)7-11(17)18/h5-6,9H,7-8H2,1-4H3,(H,14,19)(H,17,18). The molecule has 0 radical (unpaired) electrons. The molecule has 1 aromatic heterocycles. The zero-order valence-electron chi connectivity index (χ0n) is 12.2. The van der Waals surface area contributed by atoms with Crippen molar-refractivity contribution in [2.45, 2.75) is 38.8 Å². The number of nitrogens with zero attached hydrogens (tertiary/aromatic N) is 2. The fourth-order valence-electron chi connectivity index (χ4n) is 1.87. The van der Waals surface area contributed by atoms with Crippen molar-refractivity contribution in [2.75, 3.05) is 13.7 Å². The summed E-state index contributed by atoms with van der Waals surface area (Å²) in [6, 6.07) is 1.75. The summed E-state index contributed by atoms with van der Waals surface area (Å²) < 4.78 is 6.65. The van der Waals surface area contributed by atoms with Gasteiger partial charge in [0.15, 0.2) is 0 Å². The first-order chi connectivity index (χ1) is 9.27. The van der Waals surface area contributed by atoms with Crippen LogP contribution in [0.4, 0.5) is 0 Å². The van der Waals surface area contributed by atoms with Gasteiger partial charge in [0.2, 0.25) is 0 Å². The number of aliphatic carboxylic acids is 1. The topological polar surface area (TPSA) is 93.5 Å². The van der Waals surface area contributed by atoms with E-state index in [1.807, 2.05) is 13.8 Å². The smallest absolute Gasteiger partial charge is 0.305 e. The summed E-state index contributed by atoms with van der Waals surface area (Å²) in [6.07, 6.45) is 1.49. The lowest BCUT2D eigenvalue weighted by Crippen LogP contribution is -2.50. The fraction of sp³-hybridized carbons (Fsp3) is 0.615. The summed E-state index contributed by atoms with van der Waals surface area (Å²) in [7, 11) is 1.46. The first-order valence-electron chi connectivity index (χ1n) is 6.36. The van der Waals surface area contributed by atoms with E-state index in [2.05, 4.69) is 10.4 Å². The van der Waals surface area contributed by atoms with E-state index >= 15 is 0 Å². The Labute approximate surface area is 117 Å². The van der Waals surface area contributed by atoms with Crippen LogP contribution in [0.15, 0.2) is 12.3 Å². The van der Waals surface area contributed by atoms with Crippen LogP contribution in [-0.4, -0.2) is 46.0 Å². The number of carboxylic acids is 1. The van der Waals surface area contributed by atoms with E-state index in [1.54, 1.807) is 23.9 Å². The summed E-state index contributed by atoms with van der Waals surface area (Å²) in [6.45, 7) is 5.64. The molecule has 112 valence electrons. The van der Waals surface area contributed by atoms with Crippen LogP contribution in [0.3, 0.4) is 0 Å². The molecule has 0 saturated carbocycles. The van der Waals surface area contributed by atoms with Gasteiger partial charge in [-0.3, -0.25) is 14.3 Å². The maximum Gasteiger partial charge on any atom is 0.305 e. The predicted molar refractivity (Wildman–Crippen MR) is 72.6 cm³/mol. The Bertz CT molecular complexity index is 484. The van der Waals surface area contributed by atoms with Crippen LogP contribution in [0.25, 0.3) is 0 Å². The van der Waals surface area contributed by atoms with Gasteiger partial charge >= 0.3 is 5.97 Å². The first kappa shape index (κ1) is 16.2. The molecule has 1 rings (SSSR count). The molecule has 7 nitrogen and oxygen atoms in total. The number of methoxy groups -OCH3 is 1. The van der Waals surface area contributed by atoms with Gasteiger partial charge in [-0.25, -0.2) is 0 Å². The van der Waals surface area contributed by atoms with Gasteiger partial charge in [0, 0.05) is 19.3 Å². The van der Waals surface area contributed by atoms with Crippen molar-refractivity contribution in [3.8, 4) is 0 Å². The number of rotatable bonds is 7. The van der Waals surface area contributed by atoms with Gasteiger partial charge in [-0.1, -0.05) is 0 Å². The molecule has 0 aliphatic heterocycles. The van der Waals surface area contributed by atoms with Gasteiger partial charge in [0.25, 0.3) is 5.91 Å². The maximum atomic E-state index is 12.1. The van der Waals surface area contributed by atoms with E-state index in [9.17, 15) is 9.59 Å². The number of carboxylic acid groups (broad SMARTS) is 1. The second-order valence-electron chi connectivity index (χ2n) is 5.29. The minimum atomic E-state index is -1.00. The number of hydrogen-bond donors (Lipinski definition) is 2. The molecule has 1 unspecified atom stereocenters. The summed E-state index contributed by atoms with van der Waals surface area (Å²) in [5.74, 6) is -1.41. The third-order valence-electron chi connectivity index (χ3n) is 2.79. The highest BCUT2D eigenvalue weighted by Gasteiger charge is 2.30. The van der Waals surface area contributed by atoms with Gasteiger partial charge in [-0.15, -0.1) is 0 Å². The van der Waals surface area contributed by atoms with Crippen molar-refractivity contribution in [3.63, 3.8) is 0 Å². The Morgan fingerprint density at radius 1 is 1.55 bits per heavy atom. The largest absolute Gasteiger partial charge is 0.481 e. The molecule has 0 fully saturated rings. The third-order valence-corrected chi connectivity index (χ3v) is 2.79. The SMILES string of the molecule is COCC(C)(CC(=O)O)NC(=O)c1ccn(C(C)C)n1. The van der Waals surface area contributed by atoms with E-state index in [-0.39, 0.29) is 24.8 Å². The minimum Gasteiger partial charge on any atom is -0.481 e. The molecule has 2 N–H and O–H groups in total. The molecule has 1 amide bonds. The number of nitrogens with one attached hydrogen (secondary N) is 1. The lowest BCUT2D eigenvalue weighted by Gasteiger charge is -2.28. The highest BCUT2D eigenvalue weighted by Crippen LogP contribution is 2.12. The molecular weight excluding hydrogens is 262 g/mol. The number of amides is 1. The van der Waals surface area contributed by atoms with Gasteiger partial charge in [0.1, 0.15) is 5.69 Å². The number of carbonyl (C=O) groups is 2. The van der Waals surface area contributed by atoms with E-state index in [4.69, 9.17) is 9.84 Å². The second-order valence-corrected chi connectivity index (χ2v) is 5.29. The summed E-state index contributed by atoms with van der Waals surface area (Å²) in [5, 5.41) is 15.7. The van der Waals surface area contributed by atoms with E-state index in [1.165, 1.54) is 7.11 Å². The van der Waals surface area contributed by atoms with Crippen LogP contribution in [-0.2, 0) is 9.53 Å². The van der Waals surface area contributed by atoms with Crippen LogP contribution >= 0.6 is 0 Å². The molecule has 7 heteroatoms. The lowest BCUT2D eigenvalue weighted by molar-refractivity contribution is -0.139. The molecule has 0 spiro atoms. The number of hydrogen-bond acceptors (Lipinski definition) is 4. The molecule has 0 aliphatic carbocycles. The minimum absolute atomic E-state index is 0.107. The fourth-order valence-corrected chi connectivity index (χ4v) is 1.87. The Morgan fingerprint density at radius 2 is 2.20 bits per heavy atom. The van der Waals surface area contributed by atoms with Crippen molar-refractivity contribution in [1.29, 1.82) is 0 Å². The van der Waals surface area contributed by atoms with Crippen molar-refractivity contribution < 1.29 is 19.4 Å². The van der Waals surface area contributed by atoms with Crippen LogP contribution in [0.1, 0.15) is 43.7 Å². The zero-order valence-corrected chi connectivity index (χ0v) is 12.2. The highest BCUT2D eigenvalue weighted by molar-refractivity contribution is 5.93. The highest BCUT2D eigenvalue weighted by atomic mass is 16.5. The van der Waals surface area contributed by atoms with Gasteiger partial charge < -0.3 is 15.2 Å². The normalized spacial score (nSPS) is 14.1. The third kappa shape index (κ3) is 4.34. The molecule has 1 aromatic rings. The molecule has 1 heterocycles. The molecule has 1 atom stereocenters. The average molecular weight is 283 g/mol. The van der Waals surface area contributed by atoms with E-state index < -0.39 is 17.4 Å². The Morgan fingerprint density at radius 3 is 2.65 bits per heavy atom. The second kappa shape index (κ2) is 6.51. The van der Waals surface area contributed by atoms with Crippen LogP contribution in [0.2, 0.25) is 0 Å². The van der Waals surface area contributed by atoms with Crippen molar-refractivity contribution in [3.05, 3.63) is 18.0 Å². The quantitative estimate of drug-likeness (QED) is 0.781. The van der Waals surface area contributed by atoms with Crippen molar-refractivity contribution in [1.82, 2.24) is 15.1 Å². The van der Waals surface area contributed by atoms with Gasteiger partial charge in [-0.05, 0) is 26.8 Å². The Kier molecular flexibility index (Phi) is 5.26. The van der Waals surface area contributed by atoms with Crippen LogP contribution < -0.4 is 5.32 Å². The summed E-state index contributed by atoms with van der Waals surface area (Å²) in [4.78, 5) is 23.0. The van der Waals surface area contributed by atoms with Crippen molar-refractivity contribution >= 4 is 11.9 Å². The lowest BCUT2D eigenvalue weighted by atomic mass is 9.99. The summed E-state index contributed by atoms with van der Waals surface area (Å²) >= 11 is 0. The van der Waals surface area contributed by atoms with Gasteiger partial charge in [0.05, 0.1) is 18.6 Å². The van der Waals surface area contributed by atoms with Gasteiger partial charge in [-0.2, -0.15) is 5.10 Å². The molecule has 0 saturated heterocycles. The Hall–Kier alpha value is -1.89. The molecule has 0 bridgehead atoms. The first-order valence-corrected chi connectivity index (χ1v) is 6.36. The number of carbonyl (C=O) groups excluding carboxylic acids is 1. The van der Waals surface area contributed by atoms with E-state index in [0.29, 0.717) is 0 Å². The number of aromatic nitrogens is 2. The molecule has 20 heavy (non-hydrogen) atoms. The molecular formula is C13H21N3O4. The van der Waals surface area contributed by atoms with Crippen LogP contribution in [0, 0.1) is 0 Å². The molecule has 0 aliphatic rings. The zero-order chi connectivity index (χ0) is 15.3.